The minimum absolute atomic E-state index is 0.0204. The maximum absolute atomic E-state index is 12.0. The molecule has 0 aromatic carbocycles. The maximum atomic E-state index is 12.0. The van der Waals surface area contributed by atoms with Crippen LogP contribution in [0.15, 0.2) is 12.2 Å². The highest BCUT2D eigenvalue weighted by Gasteiger charge is 2.63. The first-order valence-corrected chi connectivity index (χ1v) is 6.28. The van der Waals surface area contributed by atoms with Gasteiger partial charge in [0.25, 0.3) is 0 Å². The van der Waals surface area contributed by atoms with Gasteiger partial charge in [-0.3, -0.25) is 0 Å². The molecule has 1 aliphatic carbocycles. The van der Waals surface area contributed by atoms with Crippen molar-refractivity contribution in [2.24, 2.45) is 11.3 Å². The van der Waals surface area contributed by atoms with Crippen molar-refractivity contribution in [2.75, 3.05) is 0 Å². The van der Waals surface area contributed by atoms with Crippen LogP contribution < -0.4 is 0 Å². The van der Waals surface area contributed by atoms with Crippen LogP contribution in [0.1, 0.15) is 40.5 Å². The Balaban J connectivity index is 2.25. The molecule has 0 spiro atoms. The molecule has 0 radical (unpaired) electrons. The summed E-state index contributed by atoms with van der Waals surface area (Å²) in [6.07, 6.45) is 0.862. The molecule has 0 aromatic rings. The lowest BCUT2D eigenvalue weighted by Gasteiger charge is -2.47. The molecule has 0 N–H and O–H groups in total. The van der Waals surface area contributed by atoms with E-state index in [1.807, 2.05) is 6.92 Å². The van der Waals surface area contributed by atoms with Crippen molar-refractivity contribution in [3.63, 3.8) is 0 Å². The molecule has 3 unspecified atom stereocenters. The monoisotopic (exact) mass is 252 g/mol. The second-order valence-electron chi connectivity index (χ2n) is 6.13. The van der Waals surface area contributed by atoms with Gasteiger partial charge in [-0.25, -0.2) is 9.59 Å². The lowest BCUT2D eigenvalue weighted by molar-refractivity contribution is -0.208. The summed E-state index contributed by atoms with van der Waals surface area (Å²) in [6, 6.07) is 0. The number of fused-ring (bicyclic) bond motifs is 2. The van der Waals surface area contributed by atoms with Gasteiger partial charge in [-0.1, -0.05) is 20.4 Å². The number of carbonyl (C=O) groups is 2. The van der Waals surface area contributed by atoms with Gasteiger partial charge in [0.05, 0.1) is 0 Å². The summed E-state index contributed by atoms with van der Waals surface area (Å²) in [5, 5.41) is 0. The van der Waals surface area contributed by atoms with E-state index >= 15 is 0 Å². The molecule has 3 atom stereocenters. The highest BCUT2D eigenvalue weighted by Crippen LogP contribution is 2.57. The predicted molar refractivity (Wildman–Crippen MR) is 65.7 cm³/mol. The first-order valence-electron chi connectivity index (χ1n) is 6.28. The third-order valence-corrected chi connectivity index (χ3v) is 4.73. The Morgan fingerprint density at radius 1 is 1.44 bits per heavy atom. The van der Waals surface area contributed by atoms with E-state index in [1.165, 1.54) is 0 Å². The number of carbonyl (C=O) groups excluding carboxylic acids is 2. The van der Waals surface area contributed by atoms with Crippen molar-refractivity contribution in [1.82, 2.24) is 0 Å². The first kappa shape index (κ1) is 13.1. The molecule has 2 bridgehead atoms. The van der Waals surface area contributed by atoms with E-state index in [9.17, 15) is 9.59 Å². The van der Waals surface area contributed by atoms with E-state index in [4.69, 9.17) is 9.47 Å². The van der Waals surface area contributed by atoms with Crippen LogP contribution in [0.2, 0.25) is 0 Å². The number of hydrogen-bond donors (Lipinski definition) is 0. The average Bonchev–Trinajstić information content (AvgIpc) is 2.39. The van der Waals surface area contributed by atoms with E-state index in [0.717, 1.165) is 12.8 Å². The Bertz CT molecular complexity index is 424. The summed E-state index contributed by atoms with van der Waals surface area (Å²) < 4.78 is 10.8. The van der Waals surface area contributed by atoms with Crippen LogP contribution in [-0.2, 0) is 19.1 Å². The van der Waals surface area contributed by atoms with E-state index in [0.29, 0.717) is 5.57 Å². The van der Waals surface area contributed by atoms with E-state index in [-0.39, 0.29) is 11.3 Å². The van der Waals surface area contributed by atoms with Crippen molar-refractivity contribution in [3.05, 3.63) is 12.2 Å². The second-order valence-corrected chi connectivity index (χ2v) is 6.13. The standard InChI is InChI=1S/C14H20O4/c1-8(2)11(15)17-10-9-6-7-14(5,13(9,3)4)18-12(10)16/h9-10H,1,6-7H2,2-5H3. The van der Waals surface area contributed by atoms with Gasteiger partial charge in [-0.2, -0.15) is 0 Å². The van der Waals surface area contributed by atoms with Gasteiger partial charge in [0.15, 0.2) is 0 Å². The van der Waals surface area contributed by atoms with Crippen LogP contribution in [-0.4, -0.2) is 23.6 Å². The van der Waals surface area contributed by atoms with Gasteiger partial charge in [0, 0.05) is 16.9 Å². The molecule has 1 saturated carbocycles. The third kappa shape index (κ3) is 1.66. The molecule has 1 saturated heterocycles. The van der Waals surface area contributed by atoms with E-state index < -0.39 is 23.6 Å². The smallest absolute Gasteiger partial charge is 0.348 e. The first-order chi connectivity index (χ1) is 8.19. The SMILES string of the molecule is C=C(C)C(=O)OC1C(=O)OC2(C)CCC1C2(C)C. The van der Waals surface area contributed by atoms with Crippen LogP contribution in [0.3, 0.4) is 0 Å². The summed E-state index contributed by atoms with van der Waals surface area (Å²) in [5.41, 5.74) is -0.325. The van der Waals surface area contributed by atoms with Gasteiger partial charge in [-0.05, 0) is 26.7 Å². The highest BCUT2D eigenvalue weighted by atomic mass is 16.6. The van der Waals surface area contributed by atoms with Crippen LogP contribution >= 0.6 is 0 Å². The largest absolute Gasteiger partial charge is 0.456 e. The van der Waals surface area contributed by atoms with E-state index in [2.05, 4.69) is 20.4 Å². The molecule has 0 amide bonds. The van der Waals surface area contributed by atoms with E-state index in [1.54, 1.807) is 6.92 Å². The molecule has 18 heavy (non-hydrogen) atoms. The fourth-order valence-electron chi connectivity index (χ4n) is 3.01. The molecule has 0 aromatic heterocycles. The molecule has 4 heteroatoms. The zero-order chi connectivity index (χ0) is 13.7. The lowest BCUT2D eigenvalue weighted by Crippen LogP contribution is -2.56. The number of hydrogen-bond acceptors (Lipinski definition) is 4. The zero-order valence-electron chi connectivity index (χ0n) is 11.4. The van der Waals surface area contributed by atoms with Gasteiger partial charge in [0.2, 0.25) is 6.10 Å². The van der Waals surface area contributed by atoms with Crippen LogP contribution in [0, 0.1) is 11.3 Å². The maximum Gasteiger partial charge on any atom is 0.348 e. The topological polar surface area (TPSA) is 52.6 Å². The summed E-state index contributed by atoms with van der Waals surface area (Å²) >= 11 is 0. The molecule has 2 rings (SSSR count). The number of rotatable bonds is 2. The predicted octanol–water partition coefficient (Wildman–Crippen LogP) is 2.23. The number of esters is 2. The zero-order valence-corrected chi connectivity index (χ0v) is 11.4. The van der Waals surface area contributed by atoms with Crippen molar-refractivity contribution >= 4 is 11.9 Å². The van der Waals surface area contributed by atoms with Gasteiger partial charge in [0.1, 0.15) is 5.60 Å². The van der Waals surface area contributed by atoms with Crippen LogP contribution in [0.25, 0.3) is 0 Å². The molecule has 2 fully saturated rings. The molecule has 100 valence electrons. The minimum atomic E-state index is -0.792. The van der Waals surface area contributed by atoms with Crippen molar-refractivity contribution < 1.29 is 19.1 Å². The van der Waals surface area contributed by atoms with Gasteiger partial charge < -0.3 is 9.47 Å². The fraction of sp³-hybridized carbons (Fsp3) is 0.714. The summed E-state index contributed by atoms with van der Waals surface area (Å²) in [5.74, 6) is -0.927. The highest BCUT2D eigenvalue weighted by molar-refractivity contribution is 5.90. The lowest BCUT2D eigenvalue weighted by atomic mass is 9.69. The summed E-state index contributed by atoms with van der Waals surface area (Å²) in [4.78, 5) is 23.6. The second kappa shape index (κ2) is 3.84. The van der Waals surface area contributed by atoms with Crippen LogP contribution in [0.5, 0.6) is 0 Å². The Kier molecular flexibility index (Phi) is 2.80. The van der Waals surface area contributed by atoms with Crippen LogP contribution in [0.4, 0.5) is 0 Å². The van der Waals surface area contributed by atoms with Crippen molar-refractivity contribution in [2.45, 2.75) is 52.2 Å². The number of ether oxygens (including phenoxy) is 2. The van der Waals surface area contributed by atoms with Gasteiger partial charge >= 0.3 is 11.9 Å². The summed E-state index contributed by atoms with van der Waals surface area (Å²) in [7, 11) is 0. The van der Waals surface area contributed by atoms with Crippen molar-refractivity contribution in [1.29, 1.82) is 0 Å². The Labute approximate surface area is 107 Å². The molecular formula is C14H20O4. The Morgan fingerprint density at radius 3 is 2.61 bits per heavy atom. The third-order valence-electron chi connectivity index (χ3n) is 4.73. The molecule has 1 heterocycles. The Hall–Kier alpha value is -1.32. The Morgan fingerprint density at radius 2 is 2.06 bits per heavy atom. The minimum Gasteiger partial charge on any atom is -0.456 e. The normalized spacial score (nSPS) is 37.0. The molecule has 2 aliphatic rings. The average molecular weight is 252 g/mol. The molecule has 1 aliphatic heterocycles. The van der Waals surface area contributed by atoms with Crippen molar-refractivity contribution in [3.8, 4) is 0 Å². The molecule has 4 nitrogen and oxygen atoms in total. The summed E-state index contributed by atoms with van der Waals surface area (Å²) in [6.45, 7) is 11.2. The molecular weight excluding hydrogens is 232 g/mol. The van der Waals surface area contributed by atoms with Gasteiger partial charge in [-0.15, -0.1) is 0 Å². The fourth-order valence-corrected chi connectivity index (χ4v) is 3.01. The quantitative estimate of drug-likeness (QED) is 0.558.